The van der Waals surface area contributed by atoms with Gasteiger partial charge in [-0.2, -0.15) is 4.31 Å². The fourth-order valence-electron chi connectivity index (χ4n) is 3.21. The first-order valence-electron chi connectivity index (χ1n) is 11.0. The fraction of sp³-hybridized carbons (Fsp3) is 0.900. The van der Waals surface area contributed by atoms with Crippen molar-refractivity contribution in [1.82, 2.24) is 14.5 Å². The highest BCUT2D eigenvalue weighted by Crippen LogP contribution is 2.09. The van der Waals surface area contributed by atoms with Gasteiger partial charge in [-0.3, -0.25) is 9.79 Å². The van der Waals surface area contributed by atoms with Crippen LogP contribution in [0.25, 0.3) is 0 Å². The minimum Gasteiger partial charge on any atom is -0.466 e. The highest BCUT2D eigenvalue weighted by atomic mass is 32.2. The number of unbranched alkanes of at least 4 members (excludes halogenated alkanes) is 3. The fourth-order valence-corrected chi connectivity index (χ4v) is 4.49. The zero-order chi connectivity index (χ0) is 22.4. The lowest BCUT2D eigenvalue weighted by Crippen LogP contribution is -2.54. The van der Waals surface area contributed by atoms with Crippen molar-refractivity contribution >= 4 is 22.0 Å². The summed E-state index contributed by atoms with van der Waals surface area (Å²) in [6, 6.07) is 0. The Balaban J connectivity index is 2.24. The molecule has 0 aromatic rings. The van der Waals surface area contributed by atoms with Crippen molar-refractivity contribution in [3.05, 3.63) is 0 Å². The van der Waals surface area contributed by atoms with Crippen molar-refractivity contribution in [3.63, 3.8) is 0 Å². The van der Waals surface area contributed by atoms with Crippen molar-refractivity contribution in [2.75, 3.05) is 58.7 Å². The number of rotatable bonds is 13. The van der Waals surface area contributed by atoms with E-state index in [1.807, 2.05) is 20.8 Å². The molecule has 1 fully saturated rings. The molecule has 0 radical (unpaired) electrons. The normalized spacial score (nSPS) is 16.2. The molecule has 0 amide bonds. The van der Waals surface area contributed by atoms with Crippen molar-refractivity contribution in [3.8, 4) is 0 Å². The minimum absolute atomic E-state index is 0.0221. The third kappa shape index (κ3) is 10.6. The number of piperazine rings is 1. The van der Waals surface area contributed by atoms with Gasteiger partial charge in [0.05, 0.1) is 25.1 Å². The van der Waals surface area contributed by atoms with E-state index in [0.717, 1.165) is 38.2 Å². The number of ether oxygens (including phenoxy) is 2. The Morgan fingerprint density at radius 1 is 1.10 bits per heavy atom. The molecular weight excluding hydrogens is 408 g/mol. The highest BCUT2D eigenvalue weighted by molar-refractivity contribution is 7.89. The first-order chi connectivity index (χ1) is 14.3. The molecule has 0 unspecified atom stereocenters. The Bertz CT molecular complexity index is 617. The maximum absolute atomic E-state index is 12.4. The SMILES string of the molecule is CCOC(=O)CCCCCCNC(=NC)N1CCN(S(=O)(=O)CCOC(C)C)CC1. The molecule has 176 valence electrons. The number of nitrogens with zero attached hydrogens (tertiary/aromatic N) is 3. The summed E-state index contributed by atoms with van der Waals surface area (Å²) in [7, 11) is -1.54. The van der Waals surface area contributed by atoms with Gasteiger partial charge in [0.15, 0.2) is 5.96 Å². The summed E-state index contributed by atoms with van der Waals surface area (Å²) >= 11 is 0. The van der Waals surface area contributed by atoms with Crippen LogP contribution in [0.4, 0.5) is 0 Å². The summed E-state index contributed by atoms with van der Waals surface area (Å²) in [5.41, 5.74) is 0. The molecule has 1 aliphatic rings. The lowest BCUT2D eigenvalue weighted by molar-refractivity contribution is -0.143. The van der Waals surface area contributed by atoms with E-state index < -0.39 is 10.0 Å². The average Bonchev–Trinajstić information content (AvgIpc) is 2.70. The molecule has 9 nitrogen and oxygen atoms in total. The van der Waals surface area contributed by atoms with E-state index in [1.54, 1.807) is 11.4 Å². The Hall–Kier alpha value is -1.39. The molecule has 1 N–H and O–H groups in total. The number of carbonyl (C=O) groups is 1. The molecule has 1 rings (SSSR count). The summed E-state index contributed by atoms with van der Waals surface area (Å²) in [6.07, 6.45) is 4.39. The molecule has 0 atom stereocenters. The van der Waals surface area contributed by atoms with Gasteiger partial charge >= 0.3 is 5.97 Å². The maximum atomic E-state index is 12.4. The third-order valence-electron chi connectivity index (χ3n) is 4.83. The summed E-state index contributed by atoms with van der Waals surface area (Å²) in [5.74, 6) is 0.709. The van der Waals surface area contributed by atoms with Gasteiger partial charge in [0.2, 0.25) is 10.0 Å². The van der Waals surface area contributed by atoms with E-state index >= 15 is 0 Å². The lowest BCUT2D eigenvalue weighted by atomic mass is 10.1. The maximum Gasteiger partial charge on any atom is 0.305 e. The Labute approximate surface area is 182 Å². The van der Waals surface area contributed by atoms with E-state index in [1.165, 1.54) is 0 Å². The van der Waals surface area contributed by atoms with Crippen LogP contribution in [0.1, 0.15) is 52.9 Å². The summed E-state index contributed by atoms with van der Waals surface area (Å²) < 4.78 is 36.7. The second kappa shape index (κ2) is 14.6. The number of hydrogen-bond donors (Lipinski definition) is 1. The molecule has 10 heteroatoms. The van der Waals surface area contributed by atoms with Gasteiger partial charge in [-0.25, -0.2) is 8.42 Å². The van der Waals surface area contributed by atoms with Gasteiger partial charge in [0.1, 0.15) is 0 Å². The minimum atomic E-state index is -3.29. The zero-order valence-electron chi connectivity index (χ0n) is 19.1. The molecular formula is C20H40N4O5S. The van der Waals surface area contributed by atoms with E-state index in [4.69, 9.17) is 9.47 Å². The van der Waals surface area contributed by atoms with Crippen LogP contribution in [-0.4, -0.2) is 94.4 Å². The second-order valence-corrected chi connectivity index (χ2v) is 9.65. The predicted octanol–water partition coefficient (Wildman–Crippen LogP) is 1.45. The molecule has 0 saturated carbocycles. The standard InChI is InChI=1S/C20H40N4O5S/c1-5-28-19(25)10-8-6-7-9-11-22-20(21-4)23-12-14-24(15-13-23)30(26,27)17-16-29-18(2)3/h18H,5-17H2,1-4H3,(H,21,22). The van der Waals surface area contributed by atoms with Crippen LogP contribution in [0, 0.1) is 0 Å². The quantitative estimate of drug-likeness (QED) is 0.197. The number of sulfonamides is 1. The van der Waals surface area contributed by atoms with Gasteiger partial charge in [-0.15, -0.1) is 0 Å². The smallest absolute Gasteiger partial charge is 0.305 e. The molecule has 0 spiro atoms. The highest BCUT2D eigenvalue weighted by Gasteiger charge is 2.27. The zero-order valence-corrected chi connectivity index (χ0v) is 19.9. The van der Waals surface area contributed by atoms with Crippen molar-refractivity contribution in [2.45, 2.75) is 59.0 Å². The van der Waals surface area contributed by atoms with Gasteiger partial charge < -0.3 is 19.7 Å². The van der Waals surface area contributed by atoms with Crippen LogP contribution in [0.3, 0.4) is 0 Å². The largest absolute Gasteiger partial charge is 0.466 e. The number of nitrogens with one attached hydrogen (secondary N) is 1. The molecule has 0 aromatic carbocycles. The first kappa shape index (κ1) is 26.6. The Kier molecular flexibility index (Phi) is 13.0. The predicted molar refractivity (Wildman–Crippen MR) is 119 cm³/mol. The summed E-state index contributed by atoms with van der Waals surface area (Å²) in [6.45, 7) is 9.22. The van der Waals surface area contributed by atoms with E-state index in [0.29, 0.717) is 39.2 Å². The van der Waals surface area contributed by atoms with Crippen LogP contribution in [0.5, 0.6) is 0 Å². The first-order valence-corrected chi connectivity index (χ1v) is 12.6. The number of hydrogen-bond acceptors (Lipinski definition) is 6. The second-order valence-electron chi connectivity index (χ2n) is 7.56. The average molecular weight is 449 g/mol. The molecule has 1 saturated heterocycles. The third-order valence-corrected chi connectivity index (χ3v) is 6.67. The summed E-state index contributed by atoms with van der Waals surface area (Å²) in [5, 5.41) is 3.36. The van der Waals surface area contributed by atoms with Crippen molar-refractivity contribution < 1.29 is 22.7 Å². The van der Waals surface area contributed by atoms with Crippen LogP contribution < -0.4 is 5.32 Å². The van der Waals surface area contributed by atoms with Crippen molar-refractivity contribution in [1.29, 1.82) is 0 Å². The Morgan fingerprint density at radius 3 is 2.37 bits per heavy atom. The molecule has 0 bridgehead atoms. The molecule has 0 aromatic heterocycles. The van der Waals surface area contributed by atoms with E-state index in [9.17, 15) is 13.2 Å². The number of aliphatic imine (C=N–C) groups is 1. The molecule has 30 heavy (non-hydrogen) atoms. The van der Waals surface area contributed by atoms with Crippen LogP contribution in [-0.2, 0) is 24.3 Å². The van der Waals surface area contributed by atoms with Gasteiger partial charge in [-0.05, 0) is 33.6 Å². The van der Waals surface area contributed by atoms with E-state index in [2.05, 4.69) is 15.2 Å². The molecule has 0 aliphatic carbocycles. The van der Waals surface area contributed by atoms with Gasteiger partial charge in [0.25, 0.3) is 0 Å². The lowest BCUT2D eigenvalue weighted by Gasteiger charge is -2.35. The topological polar surface area (TPSA) is 101 Å². The number of esters is 1. The van der Waals surface area contributed by atoms with Gasteiger partial charge in [-0.1, -0.05) is 12.8 Å². The molecule has 1 aliphatic heterocycles. The van der Waals surface area contributed by atoms with Crippen LogP contribution >= 0.6 is 0 Å². The van der Waals surface area contributed by atoms with E-state index in [-0.39, 0.29) is 24.4 Å². The van der Waals surface area contributed by atoms with Gasteiger partial charge in [0, 0.05) is 46.2 Å². The molecule has 1 heterocycles. The number of guanidine groups is 1. The number of carbonyl (C=O) groups excluding carboxylic acids is 1. The monoisotopic (exact) mass is 448 g/mol. The van der Waals surface area contributed by atoms with Crippen LogP contribution in [0.15, 0.2) is 4.99 Å². The Morgan fingerprint density at radius 2 is 1.77 bits per heavy atom. The van der Waals surface area contributed by atoms with Crippen molar-refractivity contribution in [2.24, 2.45) is 4.99 Å². The van der Waals surface area contributed by atoms with Crippen LogP contribution in [0.2, 0.25) is 0 Å². The summed E-state index contributed by atoms with van der Waals surface area (Å²) in [4.78, 5) is 17.7.